The predicted molar refractivity (Wildman–Crippen MR) is 111 cm³/mol. The molecule has 1 saturated carbocycles. The Morgan fingerprint density at radius 3 is 2.56 bits per heavy atom. The number of sulfone groups is 1. The van der Waals surface area contributed by atoms with Crippen LogP contribution in [0.25, 0.3) is 0 Å². The quantitative estimate of drug-likeness (QED) is 0.524. The van der Waals surface area contributed by atoms with Gasteiger partial charge in [0.05, 0.1) is 24.2 Å². The van der Waals surface area contributed by atoms with Crippen LogP contribution in [-0.2, 0) is 14.6 Å². The molecule has 27 heavy (non-hydrogen) atoms. The number of hydrogen-bond donors (Lipinski definition) is 0. The van der Waals surface area contributed by atoms with Gasteiger partial charge in [0.15, 0.2) is 9.84 Å². The van der Waals surface area contributed by atoms with Gasteiger partial charge in [-0.15, -0.1) is 0 Å². The van der Waals surface area contributed by atoms with Gasteiger partial charge in [0.1, 0.15) is 5.75 Å². The van der Waals surface area contributed by atoms with Gasteiger partial charge < -0.3 is 9.47 Å². The second kappa shape index (κ2) is 9.92. The fraction of sp³-hybridized carbons (Fsp3) is 0.727. The third kappa shape index (κ3) is 8.65. The first kappa shape index (κ1) is 22.2. The molecule has 1 aliphatic rings. The van der Waals surface area contributed by atoms with Gasteiger partial charge in [-0.3, -0.25) is 0 Å². The maximum absolute atomic E-state index is 12.5. The fourth-order valence-corrected chi connectivity index (χ4v) is 5.09. The van der Waals surface area contributed by atoms with Crippen molar-refractivity contribution in [1.82, 2.24) is 0 Å². The topological polar surface area (TPSA) is 52.6 Å². The first-order valence-corrected chi connectivity index (χ1v) is 12.0. The summed E-state index contributed by atoms with van der Waals surface area (Å²) in [4.78, 5) is 0. The molecule has 4 nitrogen and oxygen atoms in total. The molecule has 1 atom stereocenters. The SMILES string of the molecule is CC(CS(=O)(=O)CCCOCC(C)(C)C)c1cccc(OC2CCCC2)c1. The van der Waals surface area contributed by atoms with Crippen molar-refractivity contribution in [3.63, 3.8) is 0 Å². The lowest BCUT2D eigenvalue weighted by Gasteiger charge is -2.18. The van der Waals surface area contributed by atoms with Crippen molar-refractivity contribution in [3.05, 3.63) is 29.8 Å². The van der Waals surface area contributed by atoms with Gasteiger partial charge in [-0.1, -0.05) is 39.8 Å². The van der Waals surface area contributed by atoms with Crippen molar-refractivity contribution in [1.29, 1.82) is 0 Å². The zero-order valence-corrected chi connectivity index (χ0v) is 18.2. The summed E-state index contributed by atoms with van der Waals surface area (Å²) in [6.07, 6.45) is 5.57. The first-order chi connectivity index (χ1) is 12.6. The third-order valence-corrected chi connectivity index (χ3v) is 6.73. The van der Waals surface area contributed by atoms with Gasteiger partial charge >= 0.3 is 0 Å². The van der Waals surface area contributed by atoms with E-state index in [4.69, 9.17) is 9.47 Å². The van der Waals surface area contributed by atoms with E-state index in [0.29, 0.717) is 25.7 Å². The summed E-state index contributed by atoms with van der Waals surface area (Å²) in [6, 6.07) is 7.93. The summed E-state index contributed by atoms with van der Waals surface area (Å²) >= 11 is 0. The van der Waals surface area contributed by atoms with Crippen LogP contribution in [0.5, 0.6) is 5.75 Å². The maximum atomic E-state index is 12.5. The largest absolute Gasteiger partial charge is 0.490 e. The highest BCUT2D eigenvalue weighted by atomic mass is 32.2. The lowest BCUT2D eigenvalue weighted by Crippen LogP contribution is -2.19. The van der Waals surface area contributed by atoms with Gasteiger partial charge in [-0.25, -0.2) is 8.42 Å². The van der Waals surface area contributed by atoms with E-state index < -0.39 is 9.84 Å². The summed E-state index contributed by atoms with van der Waals surface area (Å²) in [5.41, 5.74) is 1.14. The predicted octanol–water partition coefficient (Wildman–Crippen LogP) is 4.98. The molecule has 1 aliphatic carbocycles. The molecule has 1 aromatic carbocycles. The molecule has 154 valence electrons. The molecule has 0 N–H and O–H groups in total. The van der Waals surface area contributed by atoms with Crippen molar-refractivity contribution in [2.45, 2.75) is 71.8 Å². The number of hydrogen-bond acceptors (Lipinski definition) is 4. The molecule has 1 aromatic rings. The molecule has 2 rings (SSSR count). The minimum absolute atomic E-state index is 0.0439. The Bertz CT molecular complexity index is 670. The average Bonchev–Trinajstić information content (AvgIpc) is 3.06. The molecule has 0 aromatic heterocycles. The molecule has 1 fully saturated rings. The monoisotopic (exact) mass is 396 g/mol. The molecular formula is C22H36O4S. The van der Waals surface area contributed by atoms with Gasteiger partial charge in [0.25, 0.3) is 0 Å². The van der Waals surface area contributed by atoms with Crippen molar-refractivity contribution in [2.75, 3.05) is 24.7 Å². The molecule has 0 spiro atoms. The van der Waals surface area contributed by atoms with Gasteiger partial charge in [0, 0.05) is 6.61 Å². The number of rotatable bonds is 10. The standard InChI is InChI=1S/C22H36O4S/c1-18(16-27(23,24)14-8-13-25-17-22(2,3)4)19-9-7-12-21(15-19)26-20-10-5-6-11-20/h7,9,12,15,18,20H,5-6,8,10-11,13-14,16-17H2,1-4H3. The zero-order valence-electron chi connectivity index (χ0n) is 17.4. The first-order valence-electron chi connectivity index (χ1n) is 10.2. The normalized spacial score (nSPS) is 17.2. The summed E-state index contributed by atoms with van der Waals surface area (Å²) < 4.78 is 36.5. The fourth-order valence-electron chi connectivity index (χ4n) is 3.41. The molecule has 0 saturated heterocycles. The maximum Gasteiger partial charge on any atom is 0.150 e. The van der Waals surface area contributed by atoms with E-state index in [0.717, 1.165) is 24.2 Å². The minimum atomic E-state index is -3.10. The van der Waals surface area contributed by atoms with E-state index in [1.807, 2.05) is 31.2 Å². The van der Waals surface area contributed by atoms with Crippen molar-refractivity contribution in [2.24, 2.45) is 5.41 Å². The second-order valence-electron chi connectivity index (χ2n) is 9.08. The summed E-state index contributed by atoms with van der Waals surface area (Å²) in [6.45, 7) is 9.44. The summed E-state index contributed by atoms with van der Waals surface area (Å²) in [7, 11) is -3.10. The van der Waals surface area contributed by atoms with Crippen LogP contribution in [0.2, 0.25) is 0 Å². The number of ether oxygens (including phenoxy) is 2. The molecule has 0 amide bonds. The Kier molecular flexibility index (Phi) is 8.17. The van der Waals surface area contributed by atoms with E-state index in [1.165, 1.54) is 12.8 Å². The highest BCUT2D eigenvalue weighted by Gasteiger charge is 2.20. The zero-order chi connectivity index (χ0) is 19.9. The van der Waals surface area contributed by atoms with Crippen molar-refractivity contribution >= 4 is 9.84 Å². The Labute approximate surface area is 165 Å². The van der Waals surface area contributed by atoms with Crippen LogP contribution >= 0.6 is 0 Å². The van der Waals surface area contributed by atoms with Crippen molar-refractivity contribution < 1.29 is 17.9 Å². The van der Waals surface area contributed by atoms with Gasteiger partial charge in [0.2, 0.25) is 0 Å². The highest BCUT2D eigenvalue weighted by molar-refractivity contribution is 7.91. The Morgan fingerprint density at radius 1 is 1.19 bits per heavy atom. The molecule has 0 aliphatic heterocycles. The van der Waals surface area contributed by atoms with E-state index >= 15 is 0 Å². The van der Waals surface area contributed by atoms with Gasteiger partial charge in [-0.2, -0.15) is 0 Å². The average molecular weight is 397 g/mol. The molecule has 0 heterocycles. The van der Waals surface area contributed by atoms with E-state index in [-0.39, 0.29) is 22.8 Å². The van der Waals surface area contributed by atoms with E-state index in [9.17, 15) is 8.42 Å². The molecule has 0 radical (unpaired) electrons. The van der Waals surface area contributed by atoms with Crippen LogP contribution in [0.3, 0.4) is 0 Å². The molecule has 0 bridgehead atoms. The Balaban J connectivity index is 1.81. The van der Waals surface area contributed by atoms with E-state index in [2.05, 4.69) is 20.8 Å². The van der Waals surface area contributed by atoms with Crippen LogP contribution in [-0.4, -0.2) is 39.2 Å². The van der Waals surface area contributed by atoms with Crippen LogP contribution in [0, 0.1) is 5.41 Å². The second-order valence-corrected chi connectivity index (χ2v) is 11.3. The van der Waals surface area contributed by atoms with Crippen molar-refractivity contribution in [3.8, 4) is 5.75 Å². The van der Waals surface area contributed by atoms with Gasteiger partial charge in [-0.05, 0) is 61.1 Å². The summed E-state index contributed by atoms with van der Waals surface area (Å²) in [5.74, 6) is 1.16. The molecular weight excluding hydrogens is 360 g/mol. The lowest BCUT2D eigenvalue weighted by molar-refractivity contribution is 0.0720. The number of benzene rings is 1. The van der Waals surface area contributed by atoms with Crippen LogP contribution < -0.4 is 4.74 Å². The third-order valence-electron chi connectivity index (χ3n) is 4.82. The molecule has 5 heteroatoms. The lowest BCUT2D eigenvalue weighted by atomic mass is 9.99. The highest BCUT2D eigenvalue weighted by Crippen LogP contribution is 2.27. The molecule has 1 unspecified atom stereocenters. The minimum Gasteiger partial charge on any atom is -0.490 e. The Hall–Kier alpha value is -1.07. The van der Waals surface area contributed by atoms with Crippen LogP contribution in [0.4, 0.5) is 0 Å². The van der Waals surface area contributed by atoms with E-state index in [1.54, 1.807) is 0 Å². The van der Waals surface area contributed by atoms with Crippen LogP contribution in [0.15, 0.2) is 24.3 Å². The summed E-state index contributed by atoms with van der Waals surface area (Å²) in [5, 5.41) is 0. The Morgan fingerprint density at radius 2 is 1.89 bits per heavy atom. The van der Waals surface area contributed by atoms with Crippen LogP contribution in [0.1, 0.15) is 71.3 Å². The smallest absolute Gasteiger partial charge is 0.150 e.